The van der Waals surface area contributed by atoms with E-state index in [-0.39, 0.29) is 11.4 Å². The summed E-state index contributed by atoms with van der Waals surface area (Å²) in [5, 5.41) is 0. The van der Waals surface area contributed by atoms with Crippen molar-refractivity contribution in [2.75, 3.05) is 0 Å². The molecule has 2 heterocycles. The number of aliphatic imine (C=N–C) groups is 2. The van der Waals surface area contributed by atoms with Gasteiger partial charge in [-0.3, -0.25) is 14.6 Å². The number of hydrogen-bond acceptors (Lipinski definition) is 4. The Morgan fingerprint density at radius 1 is 1.27 bits per heavy atom. The third-order valence-corrected chi connectivity index (χ3v) is 2.12. The molecule has 76 valence electrons. The molecular formula is C9H8N4O2. The number of primary amides is 2. The number of rotatable bonds is 2. The Labute approximate surface area is 85.1 Å². The summed E-state index contributed by atoms with van der Waals surface area (Å²) in [4.78, 5) is 29.5. The zero-order valence-electron chi connectivity index (χ0n) is 7.73. The molecule has 0 aromatic heterocycles. The van der Waals surface area contributed by atoms with E-state index < -0.39 is 11.8 Å². The number of hydrogen-bond donors (Lipinski definition) is 2. The van der Waals surface area contributed by atoms with E-state index in [1.54, 1.807) is 6.08 Å². The van der Waals surface area contributed by atoms with Crippen molar-refractivity contribution >= 4 is 23.2 Å². The van der Waals surface area contributed by atoms with Crippen molar-refractivity contribution in [3.63, 3.8) is 0 Å². The number of nitrogens with two attached hydrogens (primary N) is 2. The molecule has 2 aliphatic heterocycles. The molecule has 0 radical (unpaired) electrons. The van der Waals surface area contributed by atoms with E-state index in [0.717, 1.165) is 5.57 Å². The van der Waals surface area contributed by atoms with Crippen LogP contribution in [-0.4, -0.2) is 23.2 Å². The summed E-state index contributed by atoms with van der Waals surface area (Å²) in [5.41, 5.74) is 11.9. The highest BCUT2D eigenvalue weighted by Gasteiger charge is 2.23. The van der Waals surface area contributed by atoms with Gasteiger partial charge in [0.25, 0.3) is 11.8 Å². The Bertz CT molecular complexity index is 482. The van der Waals surface area contributed by atoms with Crippen molar-refractivity contribution in [3.05, 3.63) is 23.5 Å². The number of carbonyl (C=O) groups is 2. The number of allylic oxidation sites excluding steroid dienone is 1. The van der Waals surface area contributed by atoms with Crippen molar-refractivity contribution in [2.24, 2.45) is 21.5 Å². The van der Waals surface area contributed by atoms with Gasteiger partial charge in [0.1, 0.15) is 11.4 Å². The standard InChI is InChI=1S/C9H8N4O2/c10-8(14)5-1-4-2-6(9(11)15)13-7(4)3-12-5/h2-3H,1H2,(H2,10,14)(H2,11,15). The van der Waals surface area contributed by atoms with Gasteiger partial charge in [0.15, 0.2) is 0 Å². The SMILES string of the molecule is NC(=O)C1=NC2=CN=C(C(N)=O)CC2=C1. The molecule has 0 aliphatic carbocycles. The molecule has 0 aromatic rings. The van der Waals surface area contributed by atoms with E-state index >= 15 is 0 Å². The fraction of sp³-hybridized carbons (Fsp3) is 0.111. The first-order chi connectivity index (χ1) is 7.08. The van der Waals surface area contributed by atoms with Gasteiger partial charge in [0.05, 0.1) is 11.9 Å². The minimum absolute atomic E-state index is 0.178. The maximum Gasteiger partial charge on any atom is 0.267 e. The van der Waals surface area contributed by atoms with Gasteiger partial charge >= 0.3 is 0 Å². The van der Waals surface area contributed by atoms with Crippen LogP contribution in [0.25, 0.3) is 0 Å². The Morgan fingerprint density at radius 3 is 2.60 bits per heavy atom. The van der Waals surface area contributed by atoms with Crippen molar-refractivity contribution in [2.45, 2.75) is 6.42 Å². The van der Waals surface area contributed by atoms with Crippen LogP contribution in [0.15, 0.2) is 33.5 Å². The van der Waals surface area contributed by atoms with E-state index in [1.165, 1.54) is 6.20 Å². The molecule has 6 nitrogen and oxygen atoms in total. The first kappa shape index (κ1) is 9.32. The Morgan fingerprint density at radius 2 is 2.00 bits per heavy atom. The maximum absolute atomic E-state index is 10.9. The molecule has 0 saturated carbocycles. The van der Waals surface area contributed by atoms with Gasteiger partial charge in [-0.15, -0.1) is 0 Å². The molecule has 0 fully saturated rings. The fourth-order valence-corrected chi connectivity index (χ4v) is 1.37. The zero-order chi connectivity index (χ0) is 11.0. The van der Waals surface area contributed by atoms with Crippen LogP contribution in [0.5, 0.6) is 0 Å². The Hall–Kier alpha value is -2.24. The summed E-state index contributed by atoms with van der Waals surface area (Å²) in [6.45, 7) is 0. The van der Waals surface area contributed by atoms with E-state index in [2.05, 4.69) is 9.98 Å². The second kappa shape index (κ2) is 3.16. The highest BCUT2D eigenvalue weighted by Crippen LogP contribution is 2.25. The highest BCUT2D eigenvalue weighted by molar-refractivity contribution is 6.45. The number of fused-ring (bicyclic) bond motifs is 1. The lowest BCUT2D eigenvalue weighted by atomic mass is 10.0. The predicted octanol–water partition coefficient (Wildman–Crippen LogP) is -0.976. The third kappa shape index (κ3) is 1.56. The summed E-state index contributed by atoms with van der Waals surface area (Å²) >= 11 is 0. The van der Waals surface area contributed by atoms with E-state index in [4.69, 9.17) is 11.5 Å². The van der Waals surface area contributed by atoms with Crippen molar-refractivity contribution < 1.29 is 9.59 Å². The highest BCUT2D eigenvalue weighted by atomic mass is 16.1. The van der Waals surface area contributed by atoms with Crippen LogP contribution in [0.1, 0.15) is 6.42 Å². The van der Waals surface area contributed by atoms with Crippen LogP contribution < -0.4 is 11.5 Å². The normalized spacial score (nSPS) is 18.4. The number of carbonyl (C=O) groups excluding carboxylic acids is 2. The summed E-state index contributed by atoms with van der Waals surface area (Å²) in [6, 6.07) is 0. The summed E-state index contributed by atoms with van der Waals surface area (Å²) < 4.78 is 0. The lowest BCUT2D eigenvalue weighted by molar-refractivity contribution is -0.112. The van der Waals surface area contributed by atoms with Gasteiger partial charge in [-0.1, -0.05) is 0 Å². The van der Waals surface area contributed by atoms with Gasteiger partial charge in [0.2, 0.25) is 0 Å². The smallest absolute Gasteiger partial charge is 0.267 e. The molecule has 0 unspecified atom stereocenters. The Balaban J connectivity index is 2.31. The largest absolute Gasteiger partial charge is 0.365 e. The lowest BCUT2D eigenvalue weighted by Gasteiger charge is -2.08. The monoisotopic (exact) mass is 204 g/mol. The third-order valence-electron chi connectivity index (χ3n) is 2.12. The minimum Gasteiger partial charge on any atom is -0.365 e. The van der Waals surface area contributed by atoms with Crippen LogP contribution in [0, 0.1) is 0 Å². The lowest BCUT2D eigenvalue weighted by Crippen LogP contribution is -2.24. The summed E-state index contributed by atoms with van der Waals surface area (Å²) in [7, 11) is 0. The molecule has 2 rings (SSSR count). The van der Waals surface area contributed by atoms with Gasteiger partial charge in [-0.25, -0.2) is 4.99 Å². The summed E-state index contributed by atoms with van der Waals surface area (Å²) in [5.74, 6) is -1.17. The fourth-order valence-electron chi connectivity index (χ4n) is 1.37. The second-order valence-electron chi connectivity index (χ2n) is 3.16. The van der Waals surface area contributed by atoms with Gasteiger partial charge in [-0.2, -0.15) is 0 Å². The molecule has 0 saturated heterocycles. The average molecular weight is 204 g/mol. The van der Waals surface area contributed by atoms with Gasteiger partial charge in [-0.05, 0) is 11.6 Å². The average Bonchev–Trinajstić information content (AvgIpc) is 2.59. The molecule has 0 aromatic carbocycles. The van der Waals surface area contributed by atoms with Crippen LogP contribution in [-0.2, 0) is 9.59 Å². The molecule has 4 N–H and O–H groups in total. The van der Waals surface area contributed by atoms with Crippen molar-refractivity contribution in [1.82, 2.24) is 0 Å². The number of nitrogens with zero attached hydrogens (tertiary/aromatic N) is 2. The molecule has 2 aliphatic rings. The first-order valence-corrected chi connectivity index (χ1v) is 4.24. The minimum atomic E-state index is -0.599. The van der Waals surface area contributed by atoms with Crippen molar-refractivity contribution in [1.29, 1.82) is 0 Å². The Kier molecular flexibility index (Phi) is 1.96. The first-order valence-electron chi connectivity index (χ1n) is 4.24. The van der Waals surface area contributed by atoms with E-state index in [9.17, 15) is 9.59 Å². The van der Waals surface area contributed by atoms with Crippen LogP contribution in [0.3, 0.4) is 0 Å². The quantitative estimate of drug-likeness (QED) is 0.602. The van der Waals surface area contributed by atoms with Crippen LogP contribution in [0.2, 0.25) is 0 Å². The summed E-state index contributed by atoms with van der Waals surface area (Å²) in [6.07, 6.45) is 3.25. The molecule has 0 spiro atoms. The van der Waals surface area contributed by atoms with Gasteiger partial charge in [0, 0.05) is 6.42 Å². The van der Waals surface area contributed by atoms with Gasteiger partial charge < -0.3 is 11.5 Å². The molecule has 0 atom stereocenters. The molecule has 6 heteroatoms. The molecular weight excluding hydrogens is 196 g/mol. The molecule has 15 heavy (non-hydrogen) atoms. The second-order valence-corrected chi connectivity index (χ2v) is 3.16. The van der Waals surface area contributed by atoms with E-state index in [0.29, 0.717) is 12.1 Å². The molecule has 2 amide bonds. The van der Waals surface area contributed by atoms with Crippen LogP contribution in [0.4, 0.5) is 0 Å². The maximum atomic E-state index is 10.9. The topological polar surface area (TPSA) is 111 Å². The zero-order valence-corrected chi connectivity index (χ0v) is 7.73. The van der Waals surface area contributed by atoms with E-state index in [1.807, 2.05) is 0 Å². The number of amides is 2. The molecule has 0 bridgehead atoms. The van der Waals surface area contributed by atoms with Crippen LogP contribution >= 0.6 is 0 Å². The predicted molar refractivity (Wildman–Crippen MR) is 54.0 cm³/mol. The van der Waals surface area contributed by atoms with Crippen molar-refractivity contribution in [3.8, 4) is 0 Å².